The van der Waals surface area contributed by atoms with Crippen LogP contribution in [0.5, 0.6) is 0 Å². The van der Waals surface area contributed by atoms with E-state index in [2.05, 4.69) is 81.4 Å². The van der Waals surface area contributed by atoms with Crippen molar-refractivity contribution in [3.8, 4) is 0 Å². The van der Waals surface area contributed by atoms with Crippen molar-refractivity contribution in [1.82, 2.24) is 0 Å². The fourth-order valence-electron chi connectivity index (χ4n) is 4.64. The highest BCUT2D eigenvalue weighted by atomic mass is 28.4. The maximum absolute atomic E-state index is 11.0. The van der Waals surface area contributed by atoms with Gasteiger partial charge in [-0.15, -0.1) is 0 Å². The first kappa shape index (κ1) is 22.7. The molecule has 0 aliphatic carbocycles. The van der Waals surface area contributed by atoms with Gasteiger partial charge in [-0.05, 0) is 41.1 Å². The number of benzene rings is 2. The maximum atomic E-state index is 11.0. The maximum Gasteiger partial charge on any atom is 0.305 e. The van der Waals surface area contributed by atoms with Crippen LogP contribution in [-0.4, -0.2) is 38.2 Å². The van der Waals surface area contributed by atoms with Gasteiger partial charge in [0.25, 0.3) is 8.32 Å². The van der Waals surface area contributed by atoms with E-state index in [1.807, 2.05) is 0 Å². The Morgan fingerprint density at radius 3 is 2.03 bits per heavy atom. The van der Waals surface area contributed by atoms with Gasteiger partial charge in [-0.3, -0.25) is 4.79 Å². The zero-order chi connectivity index (χ0) is 21.6. The largest absolute Gasteiger partial charge is 0.481 e. The molecule has 0 bridgehead atoms. The van der Waals surface area contributed by atoms with Crippen LogP contribution in [0.1, 0.15) is 52.9 Å². The van der Waals surface area contributed by atoms with Crippen LogP contribution in [0.25, 0.3) is 0 Å². The highest BCUT2D eigenvalue weighted by Crippen LogP contribution is 2.37. The Morgan fingerprint density at radius 1 is 1.00 bits per heavy atom. The topological polar surface area (TPSA) is 55.8 Å². The Balaban J connectivity index is 1.81. The first-order valence-corrected chi connectivity index (χ1v) is 12.9. The van der Waals surface area contributed by atoms with Crippen LogP contribution in [-0.2, 0) is 14.0 Å². The number of carbonyl (C=O) groups is 1. The Morgan fingerprint density at radius 2 is 1.53 bits per heavy atom. The molecule has 1 aliphatic heterocycles. The summed E-state index contributed by atoms with van der Waals surface area (Å²) in [6.07, 6.45) is 3.60. The molecule has 0 amide bonds. The molecule has 0 aromatic heterocycles. The third-order valence-corrected chi connectivity index (χ3v) is 11.1. The Hall–Kier alpha value is -1.95. The Bertz CT molecular complexity index is 761. The van der Waals surface area contributed by atoms with Gasteiger partial charge >= 0.3 is 5.97 Å². The third-order valence-electron chi connectivity index (χ3n) is 6.01. The molecular formula is C25H34O4Si. The lowest BCUT2D eigenvalue weighted by Gasteiger charge is -2.43. The van der Waals surface area contributed by atoms with Crippen LogP contribution in [0.2, 0.25) is 5.04 Å². The summed E-state index contributed by atoms with van der Waals surface area (Å²) in [5, 5.41) is 11.6. The lowest BCUT2D eigenvalue weighted by atomic mass is 10.0. The van der Waals surface area contributed by atoms with Crippen LogP contribution in [0.4, 0.5) is 0 Å². The molecule has 1 fully saturated rings. The molecule has 162 valence electrons. The second-order valence-corrected chi connectivity index (χ2v) is 13.5. The predicted molar refractivity (Wildman–Crippen MR) is 123 cm³/mol. The first-order valence-electron chi connectivity index (χ1n) is 10.9. The summed E-state index contributed by atoms with van der Waals surface area (Å²) in [6, 6.07) is 21.3. The average Bonchev–Trinajstić information content (AvgIpc) is 2.71. The molecule has 0 saturated carbocycles. The van der Waals surface area contributed by atoms with E-state index in [1.165, 1.54) is 10.4 Å². The predicted octanol–water partition coefficient (Wildman–Crippen LogP) is 4.37. The summed E-state index contributed by atoms with van der Waals surface area (Å²) >= 11 is 0. The molecule has 4 nitrogen and oxygen atoms in total. The summed E-state index contributed by atoms with van der Waals surface area (Å²) in [6.45, 7) is 7.44. The van der Waals surface area contributed by atoms with Gasteiger partial charge in [0.2, 0.25) is 0 Å². The summed E-state index contributed by atoms with van der Waals surface area (Å²) in [7, 11) is -2.53. The molecule has 1 aliphatic rings. The first-order chi connectivity index (χ1) is 14.3. The number of hydrogen-bond acceptors (Lipinski definition) is 3. The SMILES string of the molecule is CC(C)(C)[Si](OCC[C@@H]1CCC[C@H](CC(=O)O)O1)(c1ccccc1)c1ccccc1. The smallest absolute Gasteiger partial charge is 0.305 e. The molecule has 2 aromatic rings. The average molecular weight is 427 g/mol. The summed E-state index contributed by atoms with van der Waals surface area (Å²) in [4.78, 5) is 11.0. The van der Waals surface area contributed by atoms with Crippen LogP contribution < -0.4 is 10.4 Å². The van der Waals surface area contributed by atoms with Crippen LogP contribution in [0, 0.1) is 0 Å². The zero-order valence-corrected chi connectivity index (χ0v) is 19.3. The van der Waals surface area contributed by atoms with Gasteiger partial charge in [0.15, 0.2) is 0 Å². The molecule has 1 N–H and O–H groups in total. The van der Waals surface area contributed by atoms with Gasteiger partial charge in [0, 0.05) is 6.61 Å². The molecule has 1 saturated heterocycles. The minimum Gasteiger partial charge on any atom is -0.481 e. The molecule has 1 heterocycles. The molecule has 5 heteroatoms. The molecule has 3 rings (SSSR count). The summed E-state index contributed by atoms with van der Waals surface area (Å²) in [5.41, 5.74) is 0. The van der Waals surface area contributed by atoms with Crippen LogP contribution in [0.3, 0.4) is 0 Å². The van der Waals surface area contributed by atoms with Crippen molar-refractivity contribution in [3.63, 3.8) is 0 Å². The van der Waals surface area contributed by atoms with Crippen molar-refractivity contribution in [1.29, 1.82) is 0 Å². The van der Waals surface area contributed by atoms with Gasteiger partial charge in [-0.25, -0.2) is 0 Å². The van der Waals surface area contributed by atoms with Crippen LogP contribution in [0.15, 0.2) is 60.7 Å². The Kier molecular flexibility index (Phi) is 7.50. The molecule has 2 atom stereocenters. The number of carboxylic acids is 1. The number of carboxylic acid groups (broad SMARTS) is 1. The Labute approximate surface area is 181 Å². The van der Waals surface area contributed by atoms with Crippen LogP contribution >= 0.6 is 0 Å². The van der Waals surface area contributed by atoms with Gasteiger partial charge < -0.3 is 14.3 Å². The quantitative estimate of drug-likeness (QED) is 0.637. The molecular weight excluding hydrogens is 392 g/mol. The van der Waals surface area contributed by atoms with Crippen molar-refractivity contribution in [2.24, 2.45) is 0 Å². The summed E-state index contributed by atoms with van der Waals surface area (Å²) in [5.74, 6) is -0.788. The minimum atomic E-state index is -2.53. The van der Waals surface area contributed by atoms with E-state index in [1.54, 1.807) is 0 Å². The molecule has 30 heavy (non-hydrogen) atoms. The van der Waals surface area contributed by atoms with Gasteiger partial charge in [-0.2, -0.15) is 0 Å². The van der Waals surface area contributed by atoms with E-state index in [0.29, 0.717) is 6.61 Å². The van der Waals surface area contributed by atoms with Crippen molar-refractivity contribution in [3.05, 3.63) is 60.7 Å². The lowest BCUT2D eigenvalue weighted by Crippen LogP contribution is -2.66. The van der Waals surface area contributed by atoms with E-state index in [4.69, 9.17) is 14.3 Å². The zero-order valence-electron chi connectivity index (χ0n) is 18.3. The fourth-order valence-corrected chi connectivity index (χ4v) is 9.22. The highest BCUT2D eigenvalue weighted by Gasteiger charge is 2.50. The monoisotopic (exact) mass is 426 g/mol. The standard InChI is InChI=1S/C25H34O4Si/c1-25(2,3)30(22-13-6-4-7-14-22,23-15-8-5-9-16-23)28-18-17-20-11-10-12-21(29-20)19-24(26)27/h4-9,13-16,20-21H,10-12,17-19H2,1-3H3,(H,26,27)/t20-,21+/m0/s1. The van der Waals surface area contributed by atoms with E-state index >= 15 is 0 Å². The van der Waals surface area contributed by atoms with E-state index in [0.717, 1.165) is 25.7 Å². The van der Waals surface area contributed by atoms with Gasteiger partial charge in [0.05, 0.1) is 18.6 Å². The van der Waals surface area contributed by atoms with Gasteiger partial charge in [0.1, 0.15) is 0 Å². The number of rotatable bonds is 8. The third kappa shape index (κ3) is 5.20. The molecule has 2 aromatic carbocycles. The van der Waals surface area contributed by atoms with E-state index < -0.39 is 14.3 Å². The van der Waals surface area contributed by atoms with Crippen molar-refractivity contribution < 1.29 is 19.1 Å². The lowest BCUT2D eigenvalue weighted by molar-refractivity contribution is -0.143. The van der Waals surface area contributed by atoms with Gasteiger partial charge in [-0.1, -0.05) is 81.4 Å². The normalized spacial score (nSPS) is 20.1. The molecule has 0 radical (unpaired) electrons. The number of ether oxygens (including phenoxy) is 1. The highest BCUT2D eigenvalue weighted by molar-refractivity contribution is 6.99. The van der Waals surface area contributed by atoms with Crippen molar-refractivity contribution in [2.75, 3.05) is 6.61 Å². The second-order valence-electron chi connectivity index (χ2n) is 9.21. The fraction of sp³-hybridized carbons (Fsp3) is 0.480. The summed E-state index contributed by atoms with van der Waals surface area (Å²) < 4.78 is 13.0. The number of hydrogen-bond donors (Lipinski definition) is 1. The number of aliphatic carboxylic acids is 1. The minimum absolute atomic E-state index is 0.0467. The molecule has 0 spiro atoms. The molecule has 0 unspecified atom stereocenters. The van der Waals surface area contributed by atoms with E-state index in [9.17, 15) is 4.79 Å². The van der Waals surface area contributed by atoms with Crippen molar-refractivity contribution >= 4 is 24.7 Å². The second kappa shape index (κ2) is 9.90. The van der Waals surface area contributed by atoms with E-state index in [-0.39, 0.29) is 23.7 Å². The van der Waals surface area contributed by atoms with Crippen molar-refractivity contribution in [2.45, 2.75) is 70.1 Å².